The maximum absolute atomic E-state index is 11.5. The summed E-state index contributed by atoms with van der Waals surface area (Å²) in [6, 6.07) is 0.379. The molecule has 1 rings (SSSR count). The third-order valence-electron chi connectivity index (χ3n) is 3.36. The van der Waals surface area contributed by atoms with Gasteiger partial charge < -0.3 is 15.8 Å². The molecule has 1 heterocycles. The third-order valence-corrected chi connectivity index (χ3v) is 4.88. The number of unbranched alkanes of at least 4 members (excludes halogenated alkanes) is 3. The lowest BCUT2D eigenvalue weighted by Crippen LogP contribution is -2.24. The quantitative estimate of drug-likeness (QED) is 0.475. The molecular formula is C14H26N2O2S. The Hall–Kier alpha value is -0.550. The second-order valence-electron chi connectivity index (χ2n) is 5.21. The number of amides is 1. The molecule has 4 nitrogen and oxygen atoms in total. The fourth-order valence-corrected chi connectivity index (χ4v) is 3.63. The number of carbonyl (C=O) groups excluding carboxylic acids is 2. The first-order valence-electron chi connectivity index (χ1n) is 7.30. The molecule has 1 amide bonds. The predicted octanol–water partition coefficient (Wildman–Crippen LogP) is 1.86. The second-order valence-corrected chi connectivity index (χ2v) is 6.54. The highest BCUT2D eigenvalue weighted by Gasteiger charge is 2.21. The standard InChI is InChI=1S/C14H26N2O2S/c15-12-10-13(19-11-12)6-2-3-7-14(18)16-8-4-1-5-9-17/h9,12-13H,1-8,10-11,15H2,(H,16,18). The molecule has 2 atom stereocenters. The number of nitrogens with one attached hydrogen (secondary N) is 1. The van der Waals surface area contributed by atoms with E-state index < -0.39 is 0 Å². The van der Waals surface area contributed by atoms with Crippen molar-refractivity contribution in [3.05, 3.63) is 0 Å². The van der Waals surface area contributed by atoms with Gasteiger partial charge in [0.2, 0.25) is 5.91 Å². The summed E-state index contributed by atoms with van der Waals surface area (Å²) >= 11 is 1.98. The lowest BCUT2D eigenvalue weighted by atomic mass is 10.1. The molecule has 0 radical (unpaired) electrons. The van der Waals surface area contributed by atoms with Crippen LogP contribution in [0.25, 0.3) is 0 Å². The number of carbonyl (C=O) groups is 2. The van der Waals surface area contributed by atoms with Gasteiger partial charge in [-0.25, -0.2) is 0 Å². The van der Waals surface area contributed by atoms with Gasteiger partial charge in [0.25, 0.3) is 0 Å². The van der Waals surface area contributed by atoms with Crippen molar-refractivity contribution in [1.29, 1.82) is 0 Å². The summed E-state index contributed by atoms with van der Waals surface area (Å²) in [7, 11) is 0. The van der Waals surface area contributed by atoms with Crippen LogP contribution in [0.4, 0.5) is 0 Å². The van der Waals surface area contributed by atoms with Gasteiger partial charge in [0.1, 0.15) is 6.29 Å². The van der Waals surface area contributed by atoms with E-state index in [0.717, 1.165) is 44.1 Å². The minimum atomic E-state index is 0.141. The summed E-state index contributed by atoms with van der Waals surface area (Å²) in [5.74, 6) is 1.23. The van der Waals surface area contributed by atoms with Crippen LogP contribution in [0, 0.1) is 0 Å². The highest BCUT2D eigenvalue weighted by atomic mass is 32.2. The van der Waals surface area contributed by atoms with E-state index in [1.165, 1.54) is 6.42 Å². The Bertz CT molecular complexity index is 274. The van der Waals surface area contributed by atoms with Crippen LogP contribution in [0.3, 0.4) is 0 Å². The summed E-state index contributed by atoms with van der Waals surface area (Å²) in [5, 5.41) is 3.61. The smallest absolute Gasteiger partial charge is 0.219 e. The van der Waals surface area contributed by atoms with E-state index in [4.69, 9.17) is 5.73 Å². The maximum Gasteiger partial charge on any atom is 0.219 e. The normalized spacial score (nSPS) is 22.4. The monoisotopic (exact) mass is 286 g/mol. The van der Waals surface area contributed by atoms with Crippen molar-refractivity contribution in [2.24, 2.45) is 5.73 Å². The lowest BCUT2D eigenvalue weighted by Gasteiger charge is -2.08. The zero-order valence-corrected chi connectivity index (χ0v) is 12.4. The molecule has 1 saturated heterocycles. The maximum atomic E-state index is 11.5. The van der Waals surface area contributed by atoms with Gasteiger partial charge in [0.05, 0.1) is 0 Å². The number of hydrogen-bond acceptors (Lipinski definition) is 4. The zero-order valence-electron chi connectivity index (χ0n) is 11.6. The molecular weight excluding hydrogens is 260 g/mol. The van der Waals surface area contributed by atoms with E-state index in [2.05, 4.69) is 5.32 Å². The summed E-state index contributed by atoms with van der Waals surface area (Å²) in [5.41, 5.74) is 5.86. The van der Waals surface area contributed by atoms with Gasteiger partial charge in [-0.2, -0.15) is 11.8 Å². The summed E-state index contributed by atoms with van der Waals surface area (Å²) in [6.07, 6.45) is 8.29. The molecule has 0 bridgehead atoms. The molecule has 0 spiro atoms. The molecule has 1 aliphatic heterocycles. The number of thioether (sulfide) groups is 1. The van der Waals surface area contributed by atoms with Crippen LogP contribution in [0.2, 0.25) is 0 Å². The van der Waals surface area contributed by atoms with E-state index in [9.17, 15) is 9.59 Å². The predicted molar refractivity (Wildman–Crippen MR) is 80.2 cm³/mol. The Labute approximate surface area is 120 Å². The Morgan fingerprint density at radius 3 is 2.84 bits per heavy atom. The molecule has 0 aromatic carbocycles. The van der Waals surface area contributed by atoms with Gasteiger partial charge in [-0.05, 0) is 32.1 Å². The number of rotatable bonds is 10. The SMILES string of the molecule is NC1CSC(CCCCC(=O)NCCCCC=O)C1. The van der Waals surface area contributed by atoms with E-state index in [1.54, 1.807) is 0 Å². The molecule has 0 aromatic heterocycles. The molecule has 3 N–H and O–H groups in total. The fourth-order valence-electron chi connectivity index (χ4n) is 2.26. The molecule has 19 heavy (non-hydrogen) atoms. The average molecular weight is 286 g/mol. The average Bonchev–Trinajstić information content (AvgIpc) is 2.80. The van der Waals surface area contributed by atoms with Gasteiger partial charge in [0.15, 0.2) is 0 Å². The Morgan fingerprint density at radius 2 is 2.16 bits per heavy atom. The minimum Gasteiger partial charge on any atom is -0.356 e. The van der Waals surface area contributed by atoms with Gasteiger partial charge >= 0.3 is 0 Å². The zero-order chi connectivity index (χ0) is 13.9. The first kappa shape index (κ1) is 16.5. The molecule has 5 heteroatoms. The largest absolute Gasteiger partial charge is 0.356 e. The van der Waals surface area contributed by atoms with Crippen LogP contribution < -0.4 is 11.1 Å². The number of hydrogen-bond donors (Lipinski definition) is 2. The summed E-state index contributed by atoms with van der Waals surface area (Å²) in [6.45, 7) is 0.694. The summed E-state index contributed by atoms with van der Waals surface area (Å²) < 4.78 is 0. The fraction of sp³-hybridized carbons (Fsp3) is 0.857. The van der Waals surface area contributed by atoms with Crippen LogP contribution in [-0.2, 0) is 9.59 Å². The van der Waals surface area contributed by atoms with Gasteiger partial charge in [-0.15, -0.1) is 0 Å². The number of aldehydes is 1. The third kappa shape index (κ3) is 8.26. The molecule has 0 aromatic rings. The first-order chi connectivity index (χ1) is 9.22. The van der Waals surface area contributed by atoms with Gasteiger partial charge in [0, 0.05) is 36.4 Å². The highest BCUT2D eigenvalue weighted by molar-refractivity contribution is 8.00. The summed E-state index contributed by atoms with van der Waals surface area (Å²) in [4.78, 5) is 21.6. The van der Waals surface area contributed by atoms with Crippen molar-refractivity contribution < 1.29 is 9.59 Å². The van der Waals surface area contributed by atoms with E-state index in [1.807, 2.05) is 11.8 Å². The van der Waals surface area contributed by atoms with E-state index in [0.29, 0.717) is 30.7 Å². The van der Waals surface area contributed by atoms with Crippen molar-refractivity contribution in [2.45, 2.75) is 62.7 Å². The minimum absolute atomic E-state index is 0.141. The molecule has 1 fully saturated rings. The molecule has 0 aliphatic carbocycles. The Balaban J connectivity index is 1.88. The molecule has 0 saturated carbocycles. The molecule has 2 unspecified atom stereocenters. The molecule has 110 valence electrons. The number of nitrogens with two attached hydrogens (primary N) is 1. The van der Waals surface area contributed by atoms with Crippen LogP contribution in [0.5, 0.6) is 0 Å². The van der Waals surface area contributed by atoms with Crippen LogP contribution in [-0.4, -0.2) is 35.8 Å². The van der Waals surface area contributed by atoms with Crippen LogP contribution >= 0.6 is 11.8 Å². The topological polar surface area (TPSA) is 72.2 Å². The van der Waals surface area contributed by atoms with Crippen molar-refractivity contribution >= 4 is 24.0 Å². The Kier molecular flexibility index (Phi) is 8.91. The van der Waals surface area contributed by atoms with Crippen molar-refractivity contribution in [2.75, 3.05) is 12.3 Å². The second kappa shape index (κ2) is 10.3. The van der Waals surface area contributed by atoms with Crippen molar-refractivity contribution in [1.82, 2.24) is 5.32 Å². The van der Waals surface area contributed by atoms with Crippen molar-refractivity contribution in [3.63, 3.8) is 0 Å². The molecule has 1 aliphatic rings. The van der Waals surface area contributed by atoms with Crippen LogP contribution in [0.15, 0.2) is 0 Å². The highest BCUT2D eigenvalue weighted by Crippen LogP contribution is 2.29. The van der Waals surface area contributed by atoms with Gasteiger partial charge in [-0.1, -0.05) is 6.42 Å². The lowest BCUT2D eigenvalue weighted by molar-refractivity contribution is -0.121. The van der Waals surface area contributed by atoms with Gasteiger partial charge in [-0.3, -0.25) is 4.79 Å². The van der Waals surface area contributed by atoms with Crippen molar-refractivity contribution in [3.8, 4) is 0 Å². The first-order valence-corrected chi connectivity index (χ1v) is 8.34. The Morgan fingerprint density at radius 1 is 1.32 bits per heavy atom. The van der Waals surface area contributed by atoms with E-state index in [-0.39, 0.29) is 5.91 Å². The van der Waals surface area contributed by atoms with Crippen LogP contribution in [0.1, 0.15) is 51.4 Å². The van der Waals surface area contributed by atoms with E-state index >= 15 is 0 Å².